The number of nitrogens with one attached hydrogen (secondary N) is 1. The number of amides is 2. The average Bonchev–Trinajstić information content (AvgIpc) is 2.67. The van der Waals surface area contributed by atoms with Crippen molar-refractivity contribution in [1.82, 2.24) is 10.2 Å². The Morgan fingerprint density at radius 2 is 1.86 bits per heavy atom. The number of rotatable bonds is 9. The second-order valence-corrected chi connectivity index (χ2v) is 7.01. The molecule has 0 aliphatic rings. The maximum Gasteiger partial charge on any atom is 0.261 e. The predicted octanol–water partition coefficient (Wildman–Crippen LogP) is 3.97. The third-order valence-corrected chi connectivity index (χ3v) is 4.60. The van der Waals surface area contributed by atoms with Crippen LogP contribution in [0.4, 0.5) is 0 Å². The number of ether oxygens (including phenoxy) is 1. The molecule has 0 unspecified atom stereocenters. The summed E-state index contributed by atoms with van der Waals surface area (Å²) in [5.41, 5.74) is 2.08. The highest BCUT2D eigenvalue weighted by Gasteiger charge is 2.28. The van der Waals surface area contributed by atoms with E-state index in [9.17, 15) is 9.59 Å². The van der Waals surface area contributed by atoms with Gasteiger partial charge in [0.15, 0.2) is 6.61 Å². The van der Waals surface area contributed by atoms with Crippen LogP contribution >= 0.6 is 11.6 Å². The highest BCUT2D eigenvalue weighted by atomic mass is 35.5. The number of carbonyl (C=O) groups excluding carboxylic acids is 2. The smallest absolute Gasteiger partial charge is 0.261 e. The molecule has 1 N–H and O–H groups in total. The van der Waals surface area contributed by atoms with Crippen molar-refractivity contribution in [2.24, 2.45) is 0 Å². The van der Waals surface area contributed by atoms with Crippen LogP contribution in [0.1, 0.15) is 31.4 Å². The molecule has 0 fully saturated rings. The first-order valence-electron chi connectivity index (χ1n) is 9.45. The Bertz CT molecular complexity index is 793. The van der Waals surface area contributed by atoms with Crippen LogP contribution in [0.25, 0.3) is 0 Å². The minimum absolute atomic E-state index is 0.149. The number of nitrogens with zero attached hydrogens (tertiary/aromatic N) is 1. The monoisotopic (exact) mass is 402 g/mol. The summed E-state index contributed by atoms with van der Waals surface area (Å²) < 4.78 is 5.62. The van der Waals surface area contributed by atoms with Crippen LogP contribution in [-0.4, -0.2) is 35.9 Å². The standard InChI is InChI=1S/C22H27ClN2O3/c1-4-20(22(27)24-5-2)25(14-17-8-6-7-16(3)13-17)21(26)15-28-19-11-9-18(23)10-12-19/h6-13,20H,4-5,14-15H2,1-3H3,(H,24,27)/t20-/m1/s1. The van der Waals surface area contributed by atoms with Crippen molar-refractivity contribution in [3.05, 3.63) is 64.7 Å². The van der Waals surface area contributed by atoms with Gasteiger partial charge in [0, 0.05) is 18.1 Å². The zero-order chi connectivity index (χ0) is 20.5. The number of hydrogen-bond donors (Lipinski definition) is 1. The fourth-order valence-electron chi connectivity index (χ4n) is 2.98. The maximum absolute atomic E-state index is 13.0. The van der Waals surface area contributed by atoms with Gasteiger partial charge < -0.3 is 15.0 Å². The lowest BCUT2D eigenvalue weighted by atomic mass is 10.1. The van der Waals surface area contributed by atoms with Crippen molar-refractivity contribution in [3.63, 3.8) is 0 Å². The van der Waals surface area contributed by atoms with Crippen LogP contribution in [0.3, 0.4) is 0 Å². The van der Waals surface area contributed by atoms with Gasteiger partial charge in [-0.25, -0.2) is 0 Å². The van der Waals surface area contributed by atoms with Crippen LogP contribution in [-0.2, 0) is 16.1 Å². The molecule has 0 saturated heterocycles. The first-order chi connectivity index (χ1) is 13.4. The Morgan fingerprint density at radius 3 is 2.46 bits per heavy atom. The molecular weight excluding hydrogens is 376 g/mol. The molecule has 0 aromatic heterocycles. The molecule has 150 valence electrons. The molecular formula is C22H27ClN2O3. The van der Waals surface area contributed by atoms with Crippen molar-refractivity contribution in [3.8, 4) is 5.75 Å². The number of halogens is 1. The Hall–Kier alpha value is -2.53. The SMILES string of the molecule is CCNC(=O)[C@@H](CC)N(Cc1cccc(C)c1)C(=O)COc1ccc(Cl)cc1. The molecule has 0 saturated carbocycles. The molecule has 2 amide bonds. The van der Waals surface area contributed by atoms with E-state index in [1.54, 1.807) is 29.2 Å². The predicted molar refractivity (Wildman–Crippen MR) is 111 cm³/mol. The van der Waals surface area contributed by atoms with Crippen LogP contribution in [0, 0.1) is 6.92 Å². The van der Waals surface area contributed by atoms with Gasteiger partial charge in [0.05, 0.1) is 0 Å². The molecule has 2 rings (SSSR count). The Morgan fingerprint density at radius 1 is 1.14 bits per heavy atom. The van der Waals surface area contributed by atoms with E-state index < -0.39 is 6.04 Å². The minimum Gasteiger partial charge on any atom is -0.484 e. The zero-order valence-corrected chi connectivity index (χ0v) is 17.3. The molecule has 0 aliphatic heterocycles. The molecule has 5 nitrogen and oxygen atoms in total. The van der Waals surface area contributed by atoms with Crippen LogP contribution in [0.2, 0.25) is 5.02 Å². The molecule has 2 aromatic carbocycles. The van der Waals surface area contributed by atoms with E-state index in [4.69, 9.17) is 16.3 Å². The van der Waals surface area contributed by atoms with E-state index >= 15 is 0 Å². The summed E-state index contributed by atoms with van der Waals surface area (Å²) in [6.07, 6.45) is 0.518. The molecule has 0 spiro atoms. The third-order valence-electron chi connectivity index (χ3n) is 4.35. The van der Waals surface area contributed by atoms with E-state index in [0.717, 1.165) is 11.1 Å². The van der Waals surface area contributed by atoms with Crippen molar-refractivity contribution < 1.29 is 14.3 Å². The zero-order valence-electron chi connectivity index (χ0n) is 16.6. The van der Waals surface area contributed by atoms with Gasteiger partial charge in [0.25, 0.3) is 5.91 Å². The molecule has 0 aliphatic carbocycles. The van der Waals surface area contributed by atoms with Crippen LogP contribution < -0.4 is 10.1 Å². The summed E-state index contributed by atoms with van der Waals surface area (Å²) in [5, 5.41) is 3.42. The van der Waals surface area contributed by atoms with Gasteiger partial charge >= 0.3 is 0 Å². The summed E-state index contributed by atoms with van der Waals surface area (Å²) in [7, 11) is 0. The highest BCUT2D eigenvalue weighted by Crippen LogP contribution is 2.17. The van der Waals surface area contributed by atoms with E-state index in [0.29, 0.717) is 30.3 Å². The van der Waals surface area contributed by atoms with Gasteiger partial charge in [-0.3, -0.25) is 9.59 Å². The normalized spacial score (nSPS) is 11.6. The fraction of sp³-hybridized carbons (Fsp3) is 0.364. The minimum atomic E-state index is -0.554. The largest absolute Gasteiger partial charge is 0.484 e. The molecule has 0 bridgehead atoms. The number of aryl methyl sites for hydroxylation is 1. The molecule has 6 heteroatoms. The number of benzene rings is 2. The van der Waals surface area contributed by atoms with Crippen LogP contribution in [0.5, 0.6) is 5.75 Å². The Labute approximate surface area is 171 Å². The van der Waals surface area contributed by atoms with Gasteiger partial charge in [-0.15, -0.1) is 0 Å². The van der Waals surface area contributed by atoms with Gasteiger partial charge in [0.1, 0.15) is 11.8 Å². The van der Waals surface area contributed by atoms with Gasteiger partial charge in [-0.2, -0.15) is 0 Å². The van der Waals surface area contributed by atoms with Gasteiger partial charge in [-0.1, -0.05) is 48.4 Å². The Balaban J connectivity index is 2.18. The molecule has 28 heavy (non-hydrogen) atoms. The number of carbonyl (C=O) groups is 2. The molecule has 0 radical (unpaired) electrons. The van der Waals surface area contributed by atoms with Gasteiger partial charge in [0.2, 0.25) is 5.91 Å². The second-order valence-electron chi connectivity index (χ2n) is 6.57. The summed E-state index contributed by atoms with van der Waals surface area (Å²) >= 11 is 5.88. The first-order valence-corrected chi connectivity index (χ1v) is 9.83. The highest BCUT2D eigenvalue weighted by molar-refractivity contribution is 6.30. The van der Waals surface area contributed by atoms with Crippen molar-refractivity contribution in [1.29, 1.82) is 0 Å². The van der Waals surface area contributed by atoms with Crippen molar-refractivity contribution in [2.45, 2.75) is 39.8 Å². The topological polar surface area (TPSA) is 58.6 Å². The van der Waals surface area contributed by atoms with Crippen molar-refractivity contribution >= 4 is 23.4 Å². The third kappa shape index (κ3) is 6.27. The van der Waals surface area contributed by atoms with Gasteiger partial charge in [-0.05, 0) is 50.1 Å². The molecule has 1 atom stereocenters. The second kappa shape index (κ2) is 10.7. The Kier molecular flexibility index (Phi) is 8.33. The summed E-state index contributed by atoms with van der Waals surface area (Å²) in [6.45, 7) is 6.48. The lowest BCUT2D eigenvalue weighted by Crippen LogP contribution is -2.50. The van der Waals surface area contributed by atoms with E-state index in [1.165, 1.54) is 0 Å². The number of hydrogen-bond acceptors (Lipinski definition) is 3. The summed E-state index contributed by atoms with van der Waals surface area (Å²) in [4.78, 5) is 27.1. The van der Waals surface area contributed by atoms with E-state index in [-0.39, 0.29) is 18.4 Å². The van der Waals surface area contributed by atoms with E-state index in [2.05, 4.69) is 5.32 Å². The average molecular weight is 403 g/mol. The molecule has 2 aromatic rings. The lowest BCUT2D eigenvalue weighted by molar-refractivity contribution is -0.142. The first kappa shape index (κ1) is 21.8. The van der Waals surface area contributed by atoms with Crippen LogP contribution in [0.15, 0.2) is 48.5 Å². The van der Waals surface area contributed by atoms with E-state index in [1.807, 2.05) is 45.0 Å². The molecule has 0 heterocycles. The van der Waals surface area contributed by atoms with Crippen molar-refractivity contribution in [2.75, 3.05) is 13.2 Å². The fourth-order valence-corrected chi connectivity index (χ4v) is 3.10. The lowest BCUT2D eigenvalue weighted by Gasteiger charge is -2.30. The number of likely N-dealkylation sites (N-methyl/N-ethyl adjacent to an activating group) is 1. The maximum atomic E-state index is 13.0. The summed E-state index contributed by atoms with van der Waals surface area (Å²) in [6, 6.07) is 14.2. The quantitative estimate of drug-likeness (QED) is 0.690. The summed E-state index contributed by atoms with van der Waals surface area (Å²) in [5.74, 6) is 0.159.